The van der Waals surface area contributed by atoms with Gasteiger partial charge < -0.3 is 28.4 Å². The van der Waals surface area contributed by atoms with Crippen molar-refractivity contribution in [2.24, 2.45) is 22.7 Å². The highest BCUT2D eigenvalue weighted by Crippen LogP contribution is 2.46. The molecule has 6 nitrogen and oxygen atoms in total. The van der Waals surface area contributed by atoms with Crippen LogP contribution in [0, 0.1) is 22.7 Å². The van der Waals surface area contributed by atoms with Gasteiger partial charge in [-0.3, -0.25) is 0 Å². The average molecular weight is 651 g/mol. The van der Waals surface area contributed by atoms with Crippen molar-refractivity contribution < 1.29 is 28.4 Å². The summed E-state index contributed by atoms with van der Waals surface area (Å²) in [7, 11) is 10.1. The van der Waals surface area contributed by atoms with Crippen LogP contribution in [0.15, 0.2) is 75.6 Å². The largest absolute Gasteiger partial charge is 0.505 e. The van der Waals surface area contributed by atoms with Gasteiger partial charge in [-0.25, -0.2) is 0 Å². The Labute approximate surface area is 286 Å². The number of methoxy groups -OCH3 is 6. The molecule has 0 amide bonds. The van der Waals surface area contributed by atoms with E-state index in [4.69, 9.17) is 23.7 Å². The van der Waals surface area contributed by atoms with Crippen molar-refractivity contribution in [2.75, 3.05) is 75.7 Å². The fourth-order valence-electron chi connectivity index (χ4n) is 2.19. The monoisotopic (exact) mass is 651 g/mol. The lowest BCUT2D eigenvalue weighted by Gasteiger charge is -2.16. The van der Waals surface area contributed by atoms with E-state index in [1.54, 1.807) is 42.7 Å². The fraction of sp³-hybridized carbons (Fsp3) is 0.692. The molecule has 1 saturated carbocycles. The number of ether oxygens (including phenoxy) is 6. The summed E-state index contributed by atoms with van der Waals surface area (Å²) >= 11 is 0. The van der Waals surface area contributed by atoms with Gasteiger partial charge in [-0.1, -0.05) is 108 Å². The fourth-order valence-corrected chi connectivity index (χ4v) is 2.19. The zero-order chi connectivity index (χ0) is 32.5. The molecule has 0 saturated heterocycles. The van der Waals surface area contributed by atoms with Crippen molar-refractivity contribution in [1.82, 2.24) is 0 Å². The Balaban J connectivity index is -0.0000000404. The maximum Gasteiger partial charge on any atom is 0.0766 e. The van der Waals surface area contributed by atoms with Crippen LogP contribution in [0.5, 0.6) is 0 Å². The predicted octanol–water partition coefficient (Wildman–Crippen LogP) is 11.5. The molecule has 45 heavy (non-hydrogen) atoms. The van der Waals surface area contributed by atoms with Crippen LogP contribution in [0.25, 0.3) is 0 Å². The van der Waals surface area contributed by atoms with Crippen LogP contribution in [0.2, 0.25) is 0 Å². The molecule has 0 bridgehead atoms. The molecule has 0 aromatic heterocycles. The molecule has 0 unspecified atom stereocenters. The summed E-state index contributed by atoms with van der Waals surface area (Å²) in [5, 5.41) is 0. The minimum absolute atomic E-state index is 0. The number of hydrogen-bond donors (Lipinski definition) is 0. The Morgan fingerprint density at radius 3 is 1.16 bits per heavy atom. The lowest BCUT2D eigenvalue weighted by atomic mass is 9.96. The van der Waals surface area contributed by atoms with Gasteiger partial charge in [0.15, 0.2) is 0 Å². The minimum atomic E-state index is 0. The van der Waals surface area contributed by atoms with E-state index in [0.29, 0.717) is 23.9 Å². The van der Waals surface area contributed by atoms with Gasteiger partial charge in [-0.05, 0) is 31.6 Å². The van der Waals surface area contributed by atoms with Crippen LogP contribution in [0.3, 0.4) is 0 Å². The third-order valence-corrected chi connectivity index (χ3v) is 5.05. The smallest absolute Gasteiger partial charge is 0.0766 e. The first-order valence-electron chi connectivity index (χ1n) is 13.5. The van der Waals surface area contributed by atoms with Gasteiger partial charge in [0.25, 0.3) is 0 Å². The lowest BCUT2D eigenvalue weighted by molar-refractivity contribution is 0.133. The van der Waals surface area contributed by atoms with Crippen LogP contribution < -0.4 is 0 Å². The van der Waals surface area contributed by atoms with Gasteiger partial charge in [0.1, 0.15) is 0 Å². The second kappa shape index (κ2) is 51.6. The van der Waals surface area contributed by atoms with E-state index in [1.165, 1.54) is 19.1 Å². The third kappa shape index (κ3) is 70.0. The SMILES string of the molecule is C.C.C.C.C.C=C(C)COC.C=CC(C)(C)COC.C=CC1(COC)CC1.C=COC.C=C[C@@H](C)COC.C=C[C@H](C)COC. The van der Waals surface area contributed by atoms with Crippen molar-refractivity contribution in [3.8, 4) is 0 Å². The van der Waals surface area contributed by atoms with Crippen molar-refractivity contribution >= 4 is 0 Å². The zero-order valence-corrected chi connectivity index (χ0v) is 28.2. The van der Waals surface area contributed by atoms with Gasteiger partial charge >= 0.3 is 0 Å². The summed E-state index contributed by atoms with van der Waals surface area (Å²) in [5.74, 6) is 0.981. The van der Waals surface area contributed by atoms with Crippen LogP contribution in [-0.2, 0) is 28.4 Å². The zero-order valence-electron chi connectivity index (χ0n) is 28.2. The Morgan fingerprint density at radius 1 is 0.711 bits per heavy atom. The summed E-state index contributed by atoms with van der Waals surface area (Å²) in [6.45, 7) is 35.6. The van der Waals surface area contributed by atoms with Gasteiger partial charge in [0.05, 0.1) is 46.4 Å². The van der Waals surface area contributed by atoms with E-state index in [2.05, 4.69) is 71.9 Å². The Kier molecular flexibility index (Phi) is 79.9. The summed E-state index contributed by atoms with van der Waals surface area (Å²) in [4.78, 5) is 0. The molecule has 0 aromatic rings. The molecule has 1 fully saturated rings. The molecule has 1 rings (SSSR count). The summed E-state index contributed by atoms with van der Waals surface area (Å²) in [6.07, 6.45) is 11.6. The van der Waals surface area contributed by atoms with Crippen molar-refractivity contribution in [1.29, 1.82) is 0 Å². The molecule has 1 aliphatic rings. The second-order valence-electron chi connectivity index (χ2n) is 10.3. The molecule has 0 N–H and O–H groups in total. The topological polar surface area (TPSA) is 55.4 Å². The molecule has 278 valence electrons. The first-order valence-corrected chi connectivity index (χ1v) is 13.5. The Hall–Kier alpha value is -1.96. The third-order valence-electron chi connectivity index (χ3n) is 5.05. The molecule has 2 atom stereocenters. The van der Waals surface area contributed by atoms with Crippen molar-refractivity contribution in [2.45, 2.75) is 84.6 Å². The van der Waals surface area contributed by atoms with Gasteiger partial charge in [0.2, 0.25) is 0 Å². The minimum Gasteiger partial charge on any atom is -0.505 e. The van der Waals surface area contributed by atoms with Crippen molar-refractivity contribution in [3.05, 3.63) is 75.6 Å². The standard InChI is InChI=1S/C7H12O.C7H14O.2C6H12O.C5H10O.C3H6O.5CH4/c1-3-7(4-5-7)6-8-2;1-5-7(2,3)6-8-4;2*1-4-6(2)5-7-3;1-5(2)4-6-3;1-3-4-2;;;;;/h3H,1,4-6H2,2H3;5H,1,6H2,2-4H3;2*4,6H,1,5H2,2-3H3;1,4H2,2-3H3;3H,1H2,2H3;5*1H4/t;;2*6-;;;;;;;/m..10......./s1. The Bertz CT molecular complexity index is 566. The number of hydrogen-bond acceptors (Lipinski definition) is 6. The molecule has 0 spiro atoms. The summed E-state index contributed by atoms with van der Waals surface area (Å²) < 4.78 is 28.6. The van der Waals surface area contributed by atoms with Crippen LogP contribution in [-0.4, -0.2) is 75.7 Å². The molecule has 6 heteroatoms. The van der Waals surface area contributed by atoms with Crippen LogP contribution in [0.4, 0.5) is 0 Å². The summed E-state index contributed by atoms with van der Waals surface area (Å²) in [5.41, 5.74) is 1.58. The van der Waals surface area contributed by atoms with Crippen molar-refractivity contribution in [3.63, 3.8) is 0 Å². The number of rotatable bonds is 15. The molecule has 0 heterocycles. The lowest BCUT2D eigenvalue weighted by Crippen LogP contribution is -2.13. The molecule has 0 radical (unpaired) electrons. The van der Waals surface area contributed by atoms with Crippen LogP contribution in [0.1, 0.15) is 84.6 Å². The highest BCUT2D eigenvalue weighted by atomic mass is 16.5. The van der Waals surface area contributed by atoms with E-state index in [-0.39, 0.29) is 42.5 Å². The second-order valence-corrected chi connectivity index (χ2v) is 10.3. The highest BCUT2D eigenvalue weighted by Gasteiger charge is 2.39. The normalized spacial score (nSPS) is 11.8. The highest BCUT2D eigenvalue weighted by molar-refractivity contribution is 5.05. The first-order chi connectivity index (χ1) is 18.8. The molecular formula is C39H86O6. The van der Waals surface area contributed by atoms with Crippen LogP contribution >= 0.6 is 0 Å². The maximum absolute atomic E-state index is 4.99. The van der Waals surface area contributed by atoms with Gasteiger partial charge in [0, 0.05) is 46.4 Å². The van der Waals surface area contributed by atoms with Gasteiger partial charge in [-0.15, -0.1) is 26.3 Å². The van der Waals surface area contributed by atoms with E-state index in [0.717, 1.165) is 32.0 Å². The molecule has 1 aliphatic carbocycles. The van der Waals surface area contributed by atoms with E-state index in [9.17, 15) is 0 Å². The first kappa shape index (κ1) is 69.7. The maximum atomic E-state index is 4.99. The summed E-state index contributed by atoms with van der Waals surface area (Å²) in [6, 6.07) is 0. The van der Waals surface area contributed by atoms with E-state index < -0.39 is 0 Å². The molecule has 0 aliphatic heterocycles. The molecule has 0 aromatic carbocycles. The van der Waals surface area contributed by atoms with E-state index >= 15 is 0 Å². The molecular weight excluding hydrogens is 564 g/mol. The van der Waals surface area contributed by atoms with E-state index in [1.807, 2.05) is 31.2 Å². The van der Waals surface area contributed by atoms with Gasteiger partial charge in [-0.2, -0.15) is 0 Å². The average Bonchev–Trinajstić information content (AvgIpc) is 3.70. The predicted molar refractivity (Wildman–Crippen MR) is 210 cm³/mol. The Morgan fingerprint density at radius 2 is 1.09 bits per heavy atom. The quantitative estimate of drug-likeness (QED) is 0.130.